The van der Waals surface area contributed by atoms with Crippen LogP contribution in [0.1, 0.15) is 11.1 Å². The molecule has 116 valence electrons. The molecule has 0 aliphatic heterocycles. The Bertz CT molecular complexity index is 644. The maximum absolute atomic E-state index is 12.8. The Kier molecular flexibility index (Phi) is 5.95. The number of rotatable bonds is 6. The van der Waals surface area contributed by atoms with Crippen molar-refractivity contribution in [2.24, 2.45) is 0 Å². The lowest BCUT2D eigenvalue weighted by Crippen LogP contribution is -2.31. The molecule has 0 aromatic heterocycles. The van der Waals surface area contributed by atoms with Crippen LogP contribution in [0, 0.1) is 12.7 Å². The fraction of sp³-hybridized carbons (Fsp3) is 0.235. The minimum absolute atomic E-state index is 0.0745. The van der Waals surface area contributed by atoms with Crippen molar-refractivity contribution in [3.63, 3.8) is 0 Å². The summed E-state index contributed by atoms with van der Waals surface area (Å²) in [6.45, 7) is 2.75. The van der Waals surface area contributed by atoms with E-state index in [0.29, 0.717) is 13.0 Å². The molecule has 2 rings (SSSR count). The molecule has 0 aliphatic rings. The van der Waals surface area contributed by atoms with Crippen molar-refractivity contribution < 1.29 is 9.18 Å². The van der Waals surface area contributed by atoms with E-state index in [9.17, 15) is 9.18 Å². The molecule has 2 aromatic rings. The molecule has 3 nitrogen and oxygen atoms in total. The van der Waals surface area contributed by atoms with Crippen LogP contribution in [0.3, 0.4) is 0 Å². The Labute approximate surface area is 138 Å². The monoisotopic (exact) mass is 364 g/mol. The molecule has 0 saturated heterocycles. The molecular weight excluding hydrogens is 347 g/mol. The molecule has 0 saturated carbocycles. The number of halogens is 2. The van der Waals surface area contributed by atoms with Crippen molar-refractivity contribution >= 4 is 27.5 Å². The van der Waals surface area contributed by atoms with Gasteiger partial charge in [-0.05, 0) is 64.7 Å². The van der Waals surface area contributed by atoms with E-state index in [1.54, 1.807) is 12.1 Å². The van der Waals surface area contributed by atoms with E-state index in [-0.39, 0.29) is 18.3 Å². The first-order chi connectivity index (χ1) is 10.5. The van der Waals surface area contributed by atoms with E-state index >= 15 is 0 Å². The Morgan fingerprint density at radius 3 is 2.59 bits per heavy atom. The maximum Gasteiger partial charge on any atom is 0.239 e. The average molecular weight is 365 g/mol. The lowest BCUT2D eigenvalue weighted by Gasteiger charge is -2.10. The van der Waals surface area contributed by atoms with E-state index < -0.39 is 0 Å². The van der Waals surface area contributed by atoms with Crippen LogP contribution in [0.5, 0.6) is 0 Å². The van der Waals surface area contributed by atoms with Crippen molar-refractivity contribution in [3.8, 4) is 0 Å². The second-order valence-electron chi connectivity index (χ2n) is 5.06. The Balaban J connectivity index is 1.72. The molecule has 0 radical (unpaired) electrons. The average Bonchev–Trinajstić information content (AvgIpc) is 2.48. The van der Waals surface area contributed by atoms with Gasteiger partial charge in [-0.1, -0.05) is 18.2 Å². The fourth-order valence-electron chi connectivity index (χ4n) is 2.00. The summed E-state index contributed by atoms with van der Waals surface area (Å²) in [7, 11) is 0. The van der Waals surface area contributed by atoms with E-state index in [1.807, 2.05) is 25.1 Å². The molecule has 0 aliphatic carbocycles. The van der Waals surface area contributed by atoms with Crippen LogP contribution in [0.4, 0.5) is 10.1 Å². The van der Waals surface area contributed by atoms with Gasteiger partial charge in [-0.25, -0.2) is 4.39 Å². The number of hydrogen-bond donors (Lipinski definition) is 2. The lowest BCUT2D eigenvalue weighted by atomic mass is 10.1. The van der Waals surface area contributed by atoms with E-state index in [4.69, 9.17) is 0 Å². The quantitative estimate of drug-likeness (QED) is 0.820. The molecule has 0 fully saturated rings. The summed E-state index contributed by atoms with van der Waals surface area (Å²) in [5, 5.41) is 5.92. The summed E-state index contributed by atoms with van der Waals surface area (Å²) in [5.74, 6) is -0.324. The maximum atomic E-state index is 12.8. The minimum Gasteiger partial charge on any atom is -0.375 e. The minimum atomic E-state index is -0.249. The van der Waals surface area contributed by atoms with E-state index in [0.717, 1.165) is 21.3 Å². The summed E-state index contributed by atoms with van der Waals surface area (Å²) in [4.78, 5) is 11.8. The Morgan fingerprint density at radius 2 is 1.91 bits per heavy atom. The molecule has 22 heavy (non-hydrogen) atoms. The molecule has 0 bridgehead atoms. The van der Waals surface area contributed by atoms with Crippen LogP contribution in [0.25, 0.3) is 0 Å². The zero-order chi connectivity index (χ0) is 15.9. The molecule has 5 heteroatoms. The third kappa shape index (κ3) is 5.15. The third-order valence-corrected chi connectivity index (χ3v) is 3.87. The zero-order valence-electron chi connectivity index (χ0n) is 12.3. The molecule has 0 atom stereocenters. The van der Waals surface area contributed by atoms with Gasteiger partial charge in [-0.2, -0.15) is 0 Å². The van der Waals surface area contributed by atoms with Crippen LogP contribution in [0.2, 0.25) is 0 Å². The first kappa shape index (κ1) is 16.5. The number of anilines is 1. The van der Waals surface area contributed by atoms with Crippen molar-refractivity contribution in [2.45, 2.75) is 13.3 Å². The molecule has 2 N–H and O–H groups in total. The highest BCUT2D eigenvalue weighted by Gasteiger charge is 2.04. The van der Waals surface area contributed by atoms with Crippen molar-refractivity contribution in [1.29, 1.82) is 0 Å². The summed E-state index contributed by atoms with van der Waals surface area (Å²) in [5.41, 5.74) is 3.04. The van der Waals surface area contributed by atoms with Crippen LogP contribution < -0.4 is 10.6 Å². The van der Waals surface area contributed by atoms with Gasteiger partial charge in [0.05, 0.1) is 6.54 Å². The highest BCUT2D eigenvalue weighted by atomic mass is 79.9. The Hall–Kier alpha value is -1.88. The molecule has 1 amide bonds. The van der Waals surface area contributed by atoms with Crippen LogP contribution in [-0.4, -0.2) is 19.0 Å². The SMILES string of the molecule is Cc1ccc(NCC(=O)NCCc2ccc(F)cc2)c(Br)c1. The predicted octanol–water partition coefficient (Wildman–Crippen LogP) is 3.67. The number of carbonyl (C=O) groups is 1. The summed E-state index contributed by atoms with van der Waals surface area (Å²) < 4.78 is 13.7. The first-order valence-electron chi connectivity index (χ1n) is 7.06. The largest absolute Gasteiger partial charge is 0.375 e. The smallest absolute Gasteiger partial charge is 0.239 e. The molecule has 2 aromatic carbocycles. The second kappa shape index (κ2) is 7.94. The molecule has 0 heterocycles. The second-order valence-corrected chi connectivity index (χ2v) is 5.92. The topological polar surface area (TPSA) is 41.1 Å². The van der Waals surface area contributed by atoms with Gasteiger partial charge in [0.25, 0.3) is 0 Å². The molecule has 0 unspecified atom stereocenters. The van der Waals surface area contributed by atoms with Gasteiger partial charge in [0.1, 0.15) is 5.82 Å². The third-order valence-electron chi connectivity index (χ3n) is 3.21. The van der Waals surface area contributed by atoms with Crippen LogP contribution in [0.15, 0.2) is 46.9 Å². The highest BCUT2D eigenvalue weighted by molar-refractivity contribution is 9.10. The Morgan fingerprint density at radius 1 is 1.18 bits per heavy atom. The molecular formula is C17H18BrFN2O. The van der Waals surface area contributed by atoms with Gasteiger partial charge in [-0.15, -0.1) is 0 Å². The summed E-state index contributed by atoms with van der Waals surface area (Å²) in [6, 6.07) is 12.2. The van der Waals surface area contributed by atoms with Gasteiger partial charge in [-0.3, -0.25) is 4.79 Å². The van der Waals surface area contributed by atoms with Gasteiger partial charge in [0.15, 0.2) is 0 Å². The van der Waals surface area contributed by atoms with Crippen molar-refractivity contribution in [2.75, 3.05) is 18.4 Å². The van der Waals surface area contributed by atoms with Gasteiger partial charge >= 0.3 is 0 Å². The van der Waals surface area contributed by atoms with Gasteiger partial charge in [0.2, 0.25) is 5.91 Å². The number of nitrogens with one attached hydrogen (secondary N) is 2. The number of benzene rings is 2. The van der Waals surface area contributed by atoms with Crippen molar-refractivity contribution in [3.05, 3.63) is 63.9 Å². The standard InChI is InChI=1S/C17H18BrFN2O/c1-12-2-7-16(15(18)10-12)21-11-17(22)20-9-8-13-3-5-14(19)6-4-13/h2-7,10,21H,8-9,11H2,1H3,(H,20,22). The van der Waals surface area contributed by atoms with Gasteiger partial charge in [0, 0.05) is 16.7 Å². The zero-order valence-corrected chi connectivity index (χ0v) is 13.9. The lowest BCUT2D eigenvalue weighted by molar-refractivity contribution is -0.119. The fourth-order valence-corrected chi connectivity index (χ4v) is 2.63. The molecule has 0 spiro atoms. The van der Waals surface area contributed by atoms with Gasteiger partial charge < -0.3 is 10.6 Å². The van der Waals surface area contributed by atoms with Crippen molar-refractivity contribution in [1.82, 2.24) is 5.32 Å². The van der Waals surface area contributed by atoms with Crippen LogP contribution >= 0.6 is 15.9 Å². The van der Waals surface area contributed by atoms with E-state index in [2.05, 4.69) is 26.6 Å². The van der Waals surface area contributed by atoms with Crippen LogP contribution in [-0.2, 0) is 11.2 Å². The summed E-state index contributed by atoms with van der Waals surface area (Å²) >= 11 is 3.46. The highest BCUT2D eigenvalue weighted by Crippen LogP contribution is 2.22. The first-order valence-corrected chi connectivity index (χ1v) is 7.85. The summed E-state index contributed by atoms with van der Waals surface area (Å²) in [6.07, 6.45) is 0.681. The normalized spacial score (nSPS) is 10.3. The number of carbonyl (C=O) groups excluding carboxylic acids is 1. The predicted molar refractivity (Wildman–Crippen MR) is 90.5 cm³/mol. The number of aryl methyl sites for hydroxylation is 1. The van der Waals surface area contributed by atoms with E-state index in [1.165, 1.54) is 12.1 Å². The number of amides is 1. The number of hydrogen-bond acceptors (Lipinski definition) is 2.